The van der Waals surface area contributed by atoms with Crippen LogP contribution in [0.4, 0.5) is 14.5 Å². The van der Waals surface area contributed by atoms with Crippen molar-refractivity contribution in [1.82, 2.24) is 4.90 Å². The molecule has 1 amide bonds. The Bertz CT molecular complexity index is 545. The van der Waals surface area contributed by atoms with Crippen LogP contribution in [0.1, 0.15) is 25.3 Å². The van der Waals surface area contributed by atoms with Gasteiger partial charge in [-0.25, -0.2) is 8.78 Å². The summed E-state index contributed by atoms with van der Waals surface area (Å²) in [6, 6.07) is 3.51. The molecule has 0 aliphatic carbocycles. The lowest BCUT2D eigenvalue weighted by Crippen LogP contribution is -2.31. The molecular weight excluding hydrogens is 264 g/mol. The van der Waals surface area contributed by atoms with Gasteiger partial charge in [-0.15, -0.1) is 0 Å². The summed E-state index contributed by atoms with van der Waals surface area (Å²) >= 11 is 0. The van der Waals surface area contributed by atoms with E-state index in [4.69, 9.17) is 5.26 Å². The molecule has 1 heterocycles. The van der Waals surface area contributed by atoms with Gasteiger partial charge in [0.05, 0.1) is 11.6 Å². The van der Waals surface area contributed by atoms with Crippen molar-refractivity contribution in [3.8, 4) is 6.07 Å². The van der Waals surface area contributed by atoms with Gasteiger partial charge in [-0.05, 0) is 18.6 Å². The number of rotatable bonds is 3. The zero-order valence-electron chi connectivity index (χ0n) is 11.1. The van der Waals surface area contributed by atoms with Crippen LogP contribution in [0, 0.1) is 23.0 Å². The fraction of sp³-hybridized carbons (Fsp3) is 0.429. The first-order valence-corrected chi connectivity index (χ1v) is 6.48. The van der Waals surface area contributed by atoms with E-state index in [0.29, 0.717) is 25.9 Å². The number of hydrogen-bond donors (Lipinski definition) is 1. The first-order chi connectivity index (χ1) is 9.55. The minimum absolute atomic E-state index is 0.0371. The van der Waals surface area contributed by atoms with E-state index in [1.165, 1.54) is 0 Å². The number of carbonyl (C=O) groups excluding carboxylic acids is 1. The summed E-state index contributed by atoms with van der Waals surface area (Å²) in [7, 11) is 0. The maximum Gasteiger partial charge on any atom is 0.222 e. The van der Waals surface area contributed by atoms with E-state index in [-0.39, 0.29) is 23.2 Å². The van der Waals surface area contributed by atoms with Crippen LogP contribution in [0.5, 0.6) is 0 Å². The Balaban J connectivity index is 2.09. The quantitative estimate of drug-likeness (QED) is 0.923. The van der Waals surface area contributed by atoms with Crippen LogP contribution < -0.4 is 5.32 Å². The van der Waals surface area contributed by atoms with Crippen LogP contribution in [-0.4, -0.2) is 29.9 Å². The third kappa shape index (κ3) is 2.87. The summed E-state index contributed by atoms with van der Waals surface area (Å²) in [4.78, 5) is 13.2. The van der Waals surface area contributed by atoms with Crippen molar-refractivity contribution in [3.63, 3.8) is 0 Å². The van der Waals surface area contributed by atoms with E-state index in [0.717, 1.165) is 12.1 Å². The molecule has 1 N–H and O–H groups in total. The van der Waals surface area contributed by atoms with Gasteiger partial charge in [0, 0.05) is 25.6 Å². The number of nitrogens with one attached hydrogen (secondary N) is 1. The number of halogens is 2. The Hall–Kier alpha value is -2.16. The predicted octanol–water partition coefficient (Wildman–Crippen LogP) is 2.26. The fourth-order valence-corrected chi connectivity index (χ4v) is 2.31. The summed E-state index contributed by atoms with van der Waals surface area (Å²) in [5, 5.41) is 11.4. The second-order valence-electron chi connectivity index (χ2n) is 4.75. The molecule has 1 unspecified atom stereocenters. The average molecular weight is 279 g/mol. The topological polar surface area (TPSA) is 56.1 Å². The Morgan fingerprint density at radius 2 is 2.15 bits per heavy atom. The Kier molecular flexibility index (Phi) is 4.18. The number of amides is 1. The minimum Gasteiger partial charge on any atom is -0.376 e. The van der Waals surface area contributed by atoms with Crippen LogP contribution in [0.3, 0.4) is 0 Å². The molecule has 0 radical (unpaired) electrons. The average Bonchev–Trinajstić information content (AvgIpc) is 2.90. The van der Waals surface area contributed by atoms with Crippen LogP contribution in [0.25, 0.3) is 0 Å². The molecule has 20 heavy (non-hydrogen) atoms. The molecule has 0 aromatic heterocycles. The molecule has 2 rings (SSSR count). The predicted molar refractivity (Wildman–Crippen MR) is 70.0 cm³/mol. The number of benzene rings is 1. The third-order valence-electron chi connectivity index (χ3n) is 3.36. The van der Waals surface area contributed by atoms with Gasteiger partial charge in [0.25, 0.3) is 0 Å². The highest BCUT2D eigenvalue weighted by Crippen LogP contribution is 2.23. The molecule has 1 fully saturated rings. The fourth-order valence-electron chi connectivity index (χ4n) is 2.31. The van der Waals surface area contributed by atoms with Crippen LogP contribution in [-0.2, 0) is 4.79 Å². The summed E-state index contributed by atoms with van der Waals surface area (Å²) in [5.74, 6) is -1.54. The maximum atomic E-state index is 13.7. The molecule has 1 saturated heterocycles. The van der Waals surface area contributed by atoms with Crippen molar-refractivity contribution in [2.24, 2.45) is 0 Å². The molecule has 106 valence electrons. The Labute approximate surface area is 116 Å². The van der Waals surface area contributed by atoms with Gasteiger partial charge in [0.15, 0.2) is 11.6 Å². The number of hydrogen-bond acceptors (Lipinski definition) is 3. The highest BCUT2D eigenvalue weighted by molar-refractivity contribution is 5.76. The highest BCUT2D eigenvalue weighted by atomic mass is 19.1. The van der Waals surface area contributed by atoms with Gasteiger partial charge in [-0.2, -0.15) is 5.26 Å². The molecule has 1 aromatic carbocycles. The standard InChI is InChI=1S/C14H15F2N3O/c1-2-13(20)19-4-3-10(8-19)18-14-11(15)5-9(7-17)6-12(14)16/h5-6,10,18H,2-4,8H2,1H3. The Morgan fingerprint density at radius 3 is 2.70 bits per heavy atom. The minimum atomic E-state index is -0.790. The van der Waals surface area contributed by atoms with Crippen molar-refractivity contribution < 1.29 is 13.6 Å². The first-order valence-electron chi connectivity index (χ1n) is 6.48. The largest absolute Gasteiger partial charge is 0.376 e. The van der Waals surface area contributed by atoms with Gasteiger partial charge in [0.2, 0.25) is 5.91 Å². The molecule has 0 saturated carbocycles. The highest BCUT2D eigenvalue weighted by Gasteiger charge is 2.26. The number of nitrogens with zero attached hydrogens (tertiary/aromatic N) is 2. The van der Waals surface area contributed by atoms with Gasteiger partial charge in [-0.1, -0.05) is 6.92 Å². The van der Waals surface area contributed by atoms with Crippen molar-refractivity contribution in [3.05, 3.63) is 29.3 Å². The lowest BCUT2D eigenvalue weighted by molar-refractivity contribution is -0.129. The van der Waals surface area contributed by atoms with Crippen LogP contribution >= 0.6 is 0 Å². The van der Waals surface area contributed by atoms with Crippen molar-refractivity contribution in [1.29, 1.82) is 5.26 Å². The molecule has 1 atom stereocenters. The summed E-state index contributed by atoms with van der Waals surface area (Å²) in [5.41, 5.74) is -0.292. The maximum absolute atomic E-state index is 13.7. The number of nitriles is 1. The van der Waals surface area contributed by atoms with E-state index in [9.17, 15) is 13.6 Å². The zero-order valence-corrected chi connectivity index (χ0v) is 11.1. The van der Waals surface area contributed by atoms with Crippen molar-refractivity contribution in [2.45, 2.75) is 25.8 Å². The van der Waals surface area contributed by atoms with E-state index in [1.807, 2.05) is 0 Å². The lowest BCUT2D eigenvalue weighted by atomic mass is 10.1. The summed E-state index contributed by atoms with van der Waals surface area (Å²) in [6.07, 6.45) is 1.07. The number of carbonyl (C=O) groups is 1. The van der Waals surface area contributed by atoms with Gasteiger partial charge in [-0.3, -0.25) is 4.79 Å². The van der Waals surface area contributed by atoms with Gasteiger partial charge < -0.3 is 10.2 Å². The van der Waals surface area contributed by atoms with E-state index in [2.05, 4.69) is 5.32 Å². The van der Waals surface area contributed by atoms with Crippen LogP contribution in [0.15, 0.2) is 12.1 Å². The van der Waals surface area contributed by atoms with E-state index >= 15 is 0 Å². The monoisotopic (exact) mass is 279 g/mol. The lowest BCUT2D eigenvalue weighted by Gasteiger charge is -2.17. The molecule has 6 heteroatoms. The SMILES string of the molecule is CCC(=O)N1CCC(Nc2c(F)cc(C#N)cc2F)C1. The molecular formula is C14H15F2N3O. The summed E-state index contributed by atoms with van der Waals surface area (Å²) < 4.78 is 27.5. The molecule has 0 bridgehead atoms. The Morgan fingerprint density at radius 1 is 1.50 bits per heavy atom. The molecule has 1 aromatic rings. The zero-order chi connectivity index (χ0) is 14.7. The van der Waals surface area contributed by atoms with Crippen molar-refractivity contribution >= 4 is 11.6 Å². The smallest absolute Gasteiger partial charge is 0.222 e. The van der Waals surface area contributed by atoms with E-state index < -0.39 is 11.6 Å². The molecule has 1 aliphatic heterocycles. The van der Waals surface area contributed by atoms with Crippen molar-refractivity contribution in [2.75, 3.05) is 18.4 Å². The van der Waals surface area contributed by atoms with Gasteiger partial charge >= 0.3 is 0 Å². The van der Waals surface area contributed by atoms with Crippen LogP contribution in [0.2, 0.25) is 0 Å². The number of likely N-dealkylation sites (tertiary alicyclic amines) is 1. The molecule has 0 spiro atoms. The first kappa shape index (κ1) is 14.3. The third-order valence-corrected chi connectivity index (χ3v) is 3.36. The number of anilines is 1. The second-order valence-corrected chi connectivity index (χ2v) is 4.75. The summed E-state index contributed by atoms with van der Waals surface area (Å²) in [6.45, 7) is 2.80. The molecule has 4 nitrogen and oxygen atoms in total. The molecule has 1 aliphatic rings. The van der Waals surface area contributed by atoms with Gasteiger partial charge in [0.1, 0.15) is 5.69 Å². The second kappa shape index (κ2) is 5.87. The van der Waals surface area contributed by atoms with E-state index in [1.54, 1.807) is 17.9 Å². The normalized spacial score (nSPS) is 17.9.